The van der Waals surface area contributed by atoms with Gasteiger partial charge in [-0.1, -0.05) is 19.9 Å². The Morgan fingerprint density at radius 3 is 2.65 bits per heavy atom. The summed E-state index contributed by atoms with van der Waals surface area (Å²) >= 11 is 0. The van der Waals surface area contributed by atoms with Gasteiger partial charge in [-0.25, -0.2) is 4.39 Å². The van der Waals surface area contributed by atoms with Crippen molar-refractivity contribution in [1.29, 1.82) is 0 Å². The Morgan fingerprint density at radius 2 is 1.94 bits per heavy atom. The van der Waals surface area contributed by atoms with Crippen molar-refractivity contribution < 1.29 is 9.13 Å². The molecule has 0 spiro atoms. The number of benzene rings is 1. The molecule has 94 valence electrons. The highest BCUT2D eigenvalue weighted by Crippen LogP contribution is 2.32. The molecule has 1 aromatic carbocycles. The second-order valence-corrected chi connectivity index (χ2v) is 5.42. The molecule has 3 atom stereocenters. The first-order valence-corrected chi connectivity index (χ1v) is 6.49. The van der Waals surface area contributed by atoms with Gasteiger partial charge in [0.1, 0.15) is 11.6 Å². The van der Waals surface area contributed by atoms with Gasteiger partial charge in [0.2, 0.25) is 0 Å². The van der Waals surface area contributed by atoms with E-state index in [1.54, 1.807) is 6.07 Å². The summed E-state index contributed by atoms with van der Waals surface area (Å²) in [7, 11) is 0. The highest BCUT2D eigenvalue weighted by molar-refractivity contribution is 5.32. The Hall–Kier alpha value is -1.05. The van der Waals surface area contributed by atoms with Gasteiger partial charge in [0.25, 0.3) is 0 Å². The van der Waals surface area contributed by atoms with Crippen LogP contribution in [0.2, 0.25) is 0 Å². The molecule has 1 aliphatic carbocycles. The summed E-state index contributed by atoms with van der Waals surface area (Å²) in [5.74, 6) is 1.96. The lowest BCUT2D eigenvalue weighted by molar-refractivity contribution is 0.0997. The lowest BCUT2D eigenvalue weighted by Gasteiger charge is -2.32. The second kappa shape index (κ2) is 5.07. The molecule has 2 heteroatoms. The third-order valence-electron chi connectivity index (χ3n) is 3.99. The maximum Gasteiger partial charge on any atom is 0.126 e. The average Bonchev–Trinajstić information content (AvgIpc) is 2.29. The highest BCUT2D eigenvalue weighted by atomic mass is 19.1. The smallest absolute Gasteiger partial charge is 0.126 e. The van der Waals surface area contributed by atoms with Gasteiger partial charge in [-0.15, -0.1) is 0 Å². The van der Waals surface area contributed by atoms with Crippen LogP contribution < -0.4 is 4.74 Å². The molecule has 0 aliphatic heterocycles. The van der Waals surface area contributed by atoms with Gasteiger partial charge in [-0.2, -0.15) is 0 Å². The summed E-state index contributed by atoms with van der Waals surface area (Å²) in [6, 6.07) is 4.76. The molecule has 3 unspecified atom stereocenters. The van der Waals surface area contributed by atoms with Crippen molar-refractivity contribution >= 4 is 0 Å². The lowest BCUT2D eigenvalue weighted by Crippen LogP contribution is -2.28. The Morgan fingerprint density at radius 1 is 1.18 bits per heavy atom. The van der Waals surface area contributed by atoms with Crippen LogP contribution in [0.5, 0.6) is 5.75 Å². The van der Waals surface area contributed by atoms with Crippen molar-refractivity contribution in [3.8, 4) is 5.75 Å². The van der Waals surface area contributed by atoms with Crippen molar-refractivity contribution in [3.63, 3.8) is 0 Å². The summed E-state index contributed by atoms with van der Waals surface area (Å²) in [6.45, 7) is 6.54. The molecule has 1 aliphatic rings. The van der Waals surface area contributed by atoms with Crippen LogP contribution in [0.1, 0.15) is 38.7 Å². The number of hydrogen-bond acceptors (Lipinski definition) is 1. The van der Waals surface area contributed by atoms with Crippen molar-refractivity contribution in [2.45, 2.75) is 46.1 Å². The Bertz CT molecular complexity index is 389. The molecular formula is C15H21FO. The van der Waals surface area contributed by atoms with Crippen LogP contribution in [0.4, 0.5) is 4.39 Å². The van der Waals surface area contributed by atoms with Gasteiger partial charge >= 0.3 is 0 Å². The summed E-state index contributed by atoms with van der Waals surface area (Å²) < 4.78 is 19.1. The van der Waals surface area contributed by atoms with Crippen molar-refractivity contribution in [1.82, 2.24) is 0 Å². The fourth-order valence-corrected chi connectivity index (χ4v) is 2.49. The second-order valence-electron chi connectivity index (χ2n) is 5.42. The number of hydrogen-bond donors (Lipinski definition) is 0. The molecule has 1 nitrogen and oxygen atoms in total. The van der Waals surface area contributed by atoms with E-state index in [1.807, 2.05) is 6.92 Å². The molecule has 0 aromatic heterocycles. The minimum Gasteiger partial charge on any atom is -0.490 e. The lowest BCUT2D eigenvalue weighted by atomic mass is 9.80. The number of halogens is 1. The SMILES string of the molecule is Cc1ccc(F)cc1OC1CCC(C)C(C)C1. The zero-order valence-electron chi connectivity index (χ0n) is 10.9. The molecule has 0 saturated heterocycles. The van der Waals surface area contributed by atoms with E-state index in [2.05, 4.69) is 13.8 Å². The fourth-order valence-electron chi connectivity index (χ4n) is 2.49. The molecule has 0 radical (unpaired) electrons. The standard InChI is InChI=1S/C15H21FO/c1-10-5-7-14(8-12(10)3)17-15-9-13(16)6-4-11(15)2/h4,6,9-10,12,14H,5,7-8H2,1-3H3. The Balaban J connectivity index is 2.03. The van der Waals surface area contributed by atoms with Gasteiger partial charge in [-0.3, -0.25) is 0 Å². The maximum absolute atomic E-state index is 13.2. The minimum absolute atomic E-state index is 0.220. The minimum atomic E-state index is -0.220. The van der Waals surface area contributed by atoms with Crippen LogP contribution in [0.25, 0.3) is 0 Å². The van der Waals surface area contributed by atoms with Gasteiger partial charge in [0, 0.05) is 6.07 Å². The molecular weight excluding hydrogens is 215 g/mol. The zero-order chi connectivity index (χ0) is 12.4. The largest absolute Gasteiger partial charge is 0.490 e. The van der Waals surface area contributed by atoms with Crippen LogP contribution in [0, 0.1) is 24.6 Å². The first kappa shape index (κ1) is 12.4. The van der Waals surface area contributed by atoms with Gasteiger partial charge in [0.05, 0.1) is 6.10 Å². The van der Waals surface area contributed by atoms with Gasteiger partial charge in [0.15, 0.2) is 0 Å². The average molecular weight is 236 g/mol. The third-order valence-corrected chi connectivity index (χ3v) is 3.99. The predicted octanol–water partition coefficient (Wildman–Crippen LogP) is 4.34. The molecule has 1 aromatic rings. The Kier molecular flexibility index (Phi) is 3.70. The van der Waals surface area contributed by atoms with E-state index < -0.39 is 0 Å². The van der Waals surface area contributed by atoms with E-state index >= 15 is 0 Å². The number of ether oxygens (including phenoxy) is 1. The van der Waals surface area contributed by atoms with Crippen LogP contribution in [-0.2, 0) is 0 Å². The summed E-state index contributed by atoms with van der Waals surface area (Å²) in [6.07, 6.45) is 3.63. The van der Waals surface area contributed by atoms with Crippen molar-refractivity contribution in [3.05, 3.63) is 29.6 Å². The van der Waals surface area contributed by atoms with Crippen molar-refractivity contribution in [2.75, 3.05) is 0 Å². The van der Waals surface area contributed by atoms with Crippen LogP contribution >= 0.6 is 0 Å². The quantitative estimate of drug-likeness (QED) is 0.742. The molecule has 0 bridgehead atoms. The monoisotopic (exact) mass is 236 g/mol. The molecule has 0 heterocycles. The van der Waals surface area contributed by atoms with E-state index in [4.69, 9.17) is 4.74 Å². The molecule has 0 amide bonds. The van der Waals surface area contributed by atoms with E-state index in [1.165, 1.54) is 18.6 Å². The summed E-state index contributed by atoms with van der Waals surface area (Å²) in [5, 5.41) is 0. The van der Waals surface area contributed by atoms with Gasteiger partial charge < -0.3 is 4.74 Å². The fraction of sp³-hybridized carbons (Fsp3) is 0.600. The topological polar surface area (TPSA) is 9.23 Å². The normalized spacial score (nSPS) is 29.1. The van der Waals surface area contributed by atoms with E-state index in [-0.39, 0.29) is 11.9 Å². The molecule has 1 fully saturated rings. The van der Waals surface area contributed by atoms with Crippen LogP contribution in [0.3, 0.4) is 0 Å². The number of rotatable bonds is 2. The molecule has 1 saturated carbocycles. The first-order valence-electron chi connectivity index (χ1n) is 6.49. The highest BCUT2D eigenvalue weighted by Gasteiger charge is 2.26. The zero-order valence-corrected chi connectivity index (χ0v) is 10.9. The van der Waals surface area contributed by atoms with Gasteiger partial charge in [-0.05, 0) is 49.7 Å². The Labute approximate surface area is 103 Å². The van der Waals surface area contributed by atoms with Crippen molar-refractivity contribution in [2.24, 2.45) is 11.8 Å². The molecule has 2 rings (SSSR count). The predicted molar refractivity (Wildman–Crippen MR) is 67.7 cm³/mol. The van der Waals surface area contributed by atoms with Crippen LogP contribution in [0.15, 0.2) is 18.2 Å². The summed E-state index contributed by atoms with van der Waals surface area (Å²) in [4.78, 5) is 0. The van der Waals surface area contributed by atoms with Crippen LogP contribution in [-0.4, -0.2) is 6.10 Å². The van der Waals surface area contributed by atoms with E-state index in [0.29, 0.717) is 11.7 Å². The third kappa shape index (κ3) is 2.99. The first-order chi connectivity index (χ1) is 8.06. The van der Waals surface area contributed by atoms with E-state index in [0.717, 1.165) is 24.3 Å². The number of aryl methyl sites for hydroxylation is 1. The maximum atomic E-state index is 13.2. The molecule has 0 N–H and O–H groups in total. The van der Waals surface area contributed by atoms with E-state index in [9.17, 15) is 4.39 Å². The molecule has 17 heavy (non-hydrogen) atoms. The summed E-state index contributed by atoms with van der Waals surface area (Å²) in [5.41, 5.74) is 1.01.